The summed E-state index contributed by atoms with van der Waals surface area (Å²) in [5, 5.41) is 19.4. The van der Waals surface area contributed by atoms with Crippen LogP contribution in [0.5, 0.6) is 0 Å². The summed E-state index contributed by atoms with van der Waals surface area (Å²) in [6.07, 6.45) is 0.519. The molecule has 1 unspecified atom stereocenters. The Morgan fingerprint density at radius 3 is 2.48 bits per heavy atom. The molecule has 0 saturated heterocycles. The zero-order chi connectivity index (χ0) is 16.0. The lowest BCUT2D eigenvalue weighted by atomic mass is 9.85. The van der Waals surface area contributed by atoms with E-state index in [1.807, 2.05) is 26.0 Å². The lowest BCUT2D eigenvalue weighted by molar-refractivity contribution is 0.232. The summed E-state index contributed by atoms with van der Waals surface area (Å²) in [6.45, 7) is 7.92. The van der Waals surface area contributed by atoms with E-state index in [0.717, 1.165) is 5.56 Å². The fourth-order valence-electron chi connectivity index (χ4n) is 2.54. The lowest BCUT2D eigenvalue weighted by Gasteiger charge is -2.27. The molecule has 0 aliphatic carbocycles. The Balaban J connectivity index is 3.37. The van der Waals surface area contributed by atoms with Gasteiger partial charge in [-0.3, -0.25) is 4.90 Å². The molecule has 1 aromatic rings. The number of carbonyl (C=O) groups excluding carboxylic acids is 1. The zero-order valence-electron chi connectivity index (χ0n) is 12.7. The highest BCUT2D eigenvalue weighted by atomic mass is 16.3. The number of amides is 2. The molecule has 2 amide bonds. The van der Waals surface area contributed by atoms with Crippen LogP contribution < -0.4 is 10.6 Å². The number of urea groups is 1. The highest BCUT2D eigenvalue weighted by Crippen LogP contribution is 2.33. The van der Waals surface area contributed by atoms with Crippen LogP contribution in [0.15, 0.2) is 18.2 Å². The van der Waals surface area contributed by atoms with E-state index >= 15 is 0 Å². The number of hydrogen-bond acceptors (Lipinski definition) is 3. The minimum atomic E-state index is -0.574. The van der Waals surface area contributed by atoms with Gasteiger partial charge in [-0.2, -0.15) is 0 Å². The van der Waals surface area contributed by atoms with Crippen molar-refractivity contribution in [3.63, 3.8) is 0 Å². The molecule has 1 radical (unpaired) electrons. The fourth-order valence-corrected chi connectivity index (χ4v) is 2.54. The van der Waals surface area contributed by atoms with Crippen LogP contribution in [-0.2, 0) is 6.61 Å². The Morgan fingerprint density at radius 2 is 2.05 bits per heavy atom. The number of nitrogens with zero attached hydrogens (tertiary/aromatic N) is 1. The Morgan fingerprint density at radius 1 is 1.38 bits per heavy atom. The summed E-state index contributed by atoms with van der Waals surface area (Å²) in [4.78, 5) is 13.0. The first-order chi connectivity index (χ1) is 9.97. The van der Waals surface area contributed by atoms with Crippen molar-refractivity contribution >= 4 is 11.7 Å². The van der Waals surface area contributed by atoms with Gasteiger partial charge in [-0.25, -0.2) is 4.79 Å². The molecule has 4 N–H and O–H groups in total. The Hall–Kier alpha value is -1.59. The van der Waals surface area contributed by atoms with Crippen LogP contribution in [0.4, 0.5) is 10.5 Å². The van der Waals surface area contributed by atoms with E-state index in [-0.39, 0.29) is 25.0 Å². The molecule has 1 atom stereocenters. The molecule has 0 heterocycles. The molecule has 0 aliphatic heterocycles. The standard InChI is InChI=1S/C16H25N2O3/c1-4-8-18(16(17)21)15-7-5-6-12(14(15)10-20)13(9-19)11(2)3/h5-7,11,13,19-20H,1,4,8-10H2,2-3H3,(H2,17,21). The van der Waals surface area contributed by atoms with Crippen LogP contribution in [0.2, 0.25) is 0 Å². The number of hydrogen-bond donors (Lipinski definition) is 3. The molecule has 5 heteroatoms. The topological polar surface area (TPSA) is 86.8 Å². The SMILES string of the molecule is [CH2]CCN(C(N)=O)c1cccc(C(CO)C(C)C)c1CO. The van der Waals surface area contributed by atoms with Gasteiger partial charge in [0.15, 0.2) is 0 Å². The van der Waals surface area contributed by atoms with Gasteiger partial charge in [-0.15, -0.1) is 0 Å². The van der Waals surface area contributed by atoms with Crippen molar-refractivity contribution in [2.45, 2.75) is 32.8 Å². The molecule has 0 spiro atoms. The first-order valence-corrected chi connectivity index (χ1v) is 7.17. The molecule has 1 rings (SSSR count). The summed E-state index contributed by atoms with van der Waals surface area (Å²) in [7, 11) is 0. The largest absolute Gasteiger partial charge is 0.396 e. The third-order valence-electron chi connectivity index (χ3n) is 3.69. The summed E-state index contributed by atoms with van der Waals surface area (Å²) < 4.78 is 0. The van der Waals surface area contributed by atoms with E-state index in [1.54, 1.807) is 6.07 Å². The fraction of sp³-hybridized carbons (Fsp3) is 0.500. The van der Waals surface area contributed by atoms with Gasteiger partial charge < -0.3 is 15.9 Å². The summed E-state index contributed by atoms with van der Waals surface area (Å²) in [5.41, 5.74) is 7.50. The minimum absolute atomic E-state index is 0.0139. The third kappa shape index (κ3) is 3.95. The van der Waals surface area contributed by atoms with Gasteiger partial charge >= 0.3 is 6.03 Å². The molecule has 0 aliphatic rings. The number of anilines is 1. The normalized spacial score (nSPS) is 12.5. The van der Waals surface area contributed by atoms with Crippen LogP contribution in [0.25, 0.3) is 0 Å². The van der Waals surface area contributed by atoms with Crippen molar-refractivity contribution in [1.82, 2.24) is 0 Å². The molecule has 1 aromatic carbocycles. The van der Waals surface area contributed by atoms with Crippen molar-refractivity contribution in [1.29, 1.82) is 0 Å². The van der Waals surface area contributed by atoms with Gasteiger partial charge in [0, 0.05) is 18.0 Å². The number of benzene rings is 1. The van der Waals surface area contributed by atoms with E-state index in [0.29, 0.717) is 24.2 Å². The molecule has 0 aromatic heterocycles. The van der Waals surface area contributed by atoms with Crippen LogP contribution >= 0.6 is 0 Å². The van der Waals surface area contributed by atoms with Gasteiger partial charge in [0.2, 0.25) is 0 Å². The second kappa shape index (κ2) is 8.00. The van der Waals surface area contributed by atoms with Gasteiger partial charge in [0.1, 0.15) is 0 Å². The van der Waals surface area contributed by atoms with E-state index in [4.69, 9.17) is 5.73 Å². The molecule has 21 heavy (non-hydrogen) atoms. The molecule has 5 nitrogen and oxygen atoms in total. The maximum Gasteiger partial charge on any atom is 0.319 e. The number of aliphatic hydroxyl groups is 2. The van der Waals surface area contributed by atoms with Crippen molar-refractivity contribution in [2.24, 2.45) is 11.7 Å². The molecule has 0 saturated carbocycles. The molecular formula is C16H25N2O3. The first kappa shape index (κ1) is 17.5. The Kier molecular flexibility index (Phi) is 6.65. The summed E-state index contributed by atoms with van der Waals surface area (Å²) in [6, 6.07) is 4.87. The number of primary amides is 1. The summed E-state index contributed by atoms with van der Waals surface area (Å²) in [5.74, 6) is 0.118. The van der Waals surface area contributed by atoms with E-state index in [1.165, 1.54) is 4.90 Å². The van der Waals surface area contributed by atoms with Gasteiger partial charge in [0.05, 0.1) is 18.9 Å². The number of rotatable bonds is 7. The summed E-state index contributed by atoms with van der Waals surface area (Å²) >= 11 is 0. The predicted molar refractivity (Wildman–Crippen MR) is 83.9 cm³/mol. The Bertz CT molecular complexity index is 475. The second-order valence-electron chi connectivity index (χ2n) is 5.38. The molecule has 0 fully saturated rings. The predicted octanol–water partition coefficient (Wildman–Crippen LogP) is 2.02. The van der Waals surface area contributed by atoms with Gasteiger partial charge in [-0.1, -0.05) is 32.9 Å². The molecule has 0 bridgehead atoms. The third-order valence-corrected chi connectivity index (χ3v) is 3.69. The van der Waals surface area contributed by atoms with Crippen molar-refractivity contribution < 1.29 is 15.0 Å². The monoisotopic (exact) mass is 293 g/mol. The van der Waals surface area contributed by atoms with Crippen LogP contribution in [-0.4, -0.2) is 29.4 Å². The quantitative estimate of drug-likeness (QED) is 0.719. The number of aliphatic hydroxyl groups excluding tert-OH is 2. The van der Waals surface area contributed by atoms with Crippen molar-refractivity contribution in [3.05, 3.63) is 36.2 Å². The average molecular weight is 293 g/mol. The average Bonchev–Trinajstić information content (AvgIpc) is 2.44. The number of carbonyl (C=O) groups is 1. The molecule has 117 valence electrons. The highest BCUT2D eigenvalue weighted by Gasteiger charge is 2.23. The lowest BCUT2D eigenvalue weighted by Crippen LogP contribution is -2.37. The van der Waals surface area contributed by atoms with E-state index in [9.17, 15) is 15.0 Å². The van der Waals surface area contributed by atoms with Gasteiger partial charge in [0.25, 0.3) is 0 Å². The highest BCUT2D eigenvalue weighted by molar-refractivity contribution is 5.91. The smallest absolute Gasteiger partial charge is 0.319 e. The van der Waals surface area contributed by atoms with Gasteiger partial charge in [-0.05, 0) is 24.0 Å². The van der Waals surface area contributed by atoms with Crippen LogP contribution in [0, 0.1) is 12.8 Å². The maximum absolute atomic E-state index is 11.6. The van der Waals surface area contributed by atoms with Crippen LogP contribution in [0.1, 0.15) is 37.3 Å². The van der Waals surface area contributed by atoms with E-state index < -0.39 is 6.03 Å². The van der Waals surface area contributed by atoms with Crippen molar-refractivity contribution in [2.75, 3.05) is 18.1 Å². The second-order valence-corrected chi connectivity index (χ2v) is 5.38. The zero-order valence-corrected chi connectivity index (χ0v) is 12.7. The van der Waals surface area contributed by atoms with Crippen molar-refractivity contribution in [3.8, 4) is 0 Å². The van der Waals surface area contributed by atoms with Crippen LogP contribution in [0.3, 0.4) is 0 Å². The number of nitrogens with two attached hydrogens (primary N) is 1. The molecular weight excluding hydrogens is 268 g/mol. The van der Waals surface area contributed by atoms with E-state index in [2.05, 4.69) is 6.92 Å². The Labute approximate surface area is 126 Å². The minimum Gasteiger partial charge on any atom is -0.396 e. The first-order valence-electron chi connectivity index (χ1n) is 7.17. The maximum atomic E-state index is 11.6.